The maximum Gasteiger partial charge on any atom is 0.409 e. The van der Waals surface area contributed by atoms with E-state index in [1.54, 1.807) is 17.0 Å². The molecule has 1 fully saturated rings. The second kappa shape index (κ2) is 6.99. The summed E-state index contributed by atoms with van der Waals surface area (Å²) in [7, 11) is 0. The summed E-state index contributed by atoms with van der Waals surface area (Å²) in [6.45, 7) is 7.85. The third kappa shape index (κ3) is 4.36. The summed E-state index contributed by atoms with van der Waals surface area (Å²) in [6, 6.07) is 4.71. The number of rotatable bonds is 4. The Labute approximate surface area is 131 Å². The van der Waals surface area contributed by atoms with Gasteiger partial charge in [0.25, 0.3) is 0 Å². The third-order valence-corrected chi connectivity index (χ3v) is 3.69. The fraction of sp³-hybridized carbons (Fsp3) is 0.588. The summed E-state index contributed by atoms with van der Waals surface area (Å²) in [5.41, 5.74) is 0.324. The Balaban J connectivity index is 1.81. The molecule has 0 aromatic heterocycles. The molecule has 1 aliphatic rings. The van der Waals surface area contributed by atoms with Gasteiger partial charge in [0, 0.05) is 13.1 Å². The zero-order valence-corrected chi connectivity index (χ0v) is 13.5. The van der Waals surface area contributed by atoms with Crippen molar-refractivity contribution in [2.75, 3.05) is 26.3 Å². The van der Waals surface area contributed by atoms with Gasteiger partial charge < -0.3 is 14.4 Å². The Bertz CT molecular complexity index is 519. The fourth-order valence-corrected chi connectivity index (χ4v) is 2.45. The number of halogens is 1. The van der Waals surface area contributed by atoms with Crippen molar-refractivity contribution in [1.29, 1.82) is 0 Å². The smallest absolute Gasteiger partial charge is 0.409 e. The molecule has 1 aliphatic heterocycles. The van der Waals surface area contributed by atoms with Crippen LogP contribution >= 0.6 is 0 Å². The highest BCUT2D eigenvalue weighted by atomic mass is 19.1. The third-order valence-electron chi connectivity index (χ3n) is 3.69. The van der Waals surface area contributed by atoms with E-state index in [1.165, 1.54) is 6.07 Å². The standard InChI is InChI=1S/C17H24FNO3/c1-17(2,3)14-12-13(6-7-15(14)18)21-10-11-22-16(20)19-8-4-5-9-19/h6-7,12H,4-5,8-11H2,1-3H3. The van der Waals surface area contributed by atoms with Crippen LogP contribution in [0.1, 0.15) is 39.2 Å². The zero-order valence-electron chi connectivity index (χ0n) is 13.5. The molecule has 0 N–H and O–H groups in total. The number of nitrogens with zero attached hydrogens (tertiary/aromatic N) is 1. The monoisotopic (exact) mass is 309 g/mol. The number of likely N-dealkylation sites (tertiary alicyclic amines) is 1. The number of hydrogen-bond acceptors (Lipinski definition) is 3. The van der Waals surface area contributed by atoms with Crippen molar-refractivity contribution in [3.05, 3.63) is 29.6 Å². The van der Waals surface area contributed by atoms with E-state index < -0.39 is 0 Å². The summed E-state index contributed by atoms with van der Waals surface area (Å²) in [4.78, 5) is 13.4. The number of ether oxygens (including phenoxy) is 2. The lowest BCUT2D eigenvalue weighted by atomic mass is 9.86. The average molecular weight is 309 g/mol. The van der Waals surface area contributed by atoms with Crippen LogP contribution in [0, 0.1) is 5.82 Å². The molecule has 1 aromatic rings. The lowest BCUT2D eigenvalue weighted by molar-refractivity contribution is 0.0950. The van der Waals surface area contributed by atoms with Crippen LogP contribution in [0.25, 0.3) is 0 Å². The van der Waals surface area contributed by atoms with Gasteiger partial charge in [-0.15, -0.1) is 0 Å². The van der Waals surface area contributed by atoms with E-state index in [4.69, 9.17) is 9.47 Å². The van der Waals surface area contributed by atoms with E-state index >= 15 is 0 Å². The van der Waals surface area contributed by atoms with Gasteiger partial charge in [-0.3, -0.25) is 0 Å². The molecule has 0 saturated carbocycles. The van der Waals surface area contributed by atoms with Gasteiger partial charge in [-0.05, 0) is 42.0 Å². The highest BCUT2D eigenvalue weighted by Gasteiger charge is 2.20. The molecular formula is C17H24FNO3. The minimum absolute atomic E-state index is 0.192. The lowest BCUT2D eigenvalue weighted by Crippen LogP contribution is -2.29. The predicted octanol–water partition coefficient (Wildman–Crippen LogP) is 3.73. The molecule has 5 heteroatoms. The molecule has 122 valence electrons. The Morgan fingerprint density at radius 3 is 2.55 bits per heavy atom. The summed E-state index contributed by atoms with van der Waals surface area (Å²) in [5, 5.41) is 0. The van der Waals surface area contributed by atoms with Gasteiger partial charge in [-0.2, -0.15) is 0 Å². The van der Waals surface area contributed by atoms with Gasteiger partial charge in [0.1, 0.15) is 24.8 Å². The summed E-state index contributed by atoms with van der Waals surface area (Å²) in [6.07, 6.45) is 1.80. The average Bonchev–Trinajstić information content (AvgIpc) is 2.98. The molecule has 1 heterocycles. The van der Waals surface area contributed by atoms with E-state index in [-0.39, 0.29) is 30.5 Å². The van der Waals surface area contributed by atoms with Crippen LogP contribution in [0.15, 0.2) is 18.2 Å². The molecule has 1 saturated heterocycles. The van der Waals surface area contributed by atoms with Crippen molar-refractivity contribution in [1.82, 2.24) is 4.90 Å². The van der Waals surface area contributed by atoms with Crippen LogP contribution in [0.5, 0.6) is 5.75 Å². The molecule has 4 nitrogen and oxygen atoms in total. The fourth-order valence-electron chi connectivity index (χ4n) is 2.45. The first-order chi connectivity index (χ1) is 10.4. The first-order valence-electron chi connectivity index (χ1n) is 7.72. The quantitative estimate of drug-likeness (QED) is 0.795. The number of hydrogen-bond donors (Lipinski definition) is 0. The van der Waals surface area contributed by atoms with E-state index in [0.717, 1.165) is 25.9 Å². The molecule has 0 bridgehead atoms. The number of carbonyl (C=O) groups is 1. The minimum atomic E-state index is -0.286. The topological polar surface area (TPSA) is 38.8 Å². The maximum absolute atomic E-state index is 13.8. The normalized spacial score (nSPS) is 15.0. The predicted molar refractivity (Wildman–Crippen MR) is 82.8 cm³/mol. The Kier molecular flexibility index (Phi) is 5.27. The first-order valence-corrected chi connectivity index (χ1v) is 7.72. The molecule has 0 unspecified atom stereocenters. The summed E-state index contributed by atoms with van der Waals surface area (Å²) < 4.78 is 24.5. The maximum atomic E-state index is 13.8. The van der Waals surface area contributed by atoms with Crippen molar-refractivity contribution in [3.8, 4) is 5.75 Å². The van der Waals surface area contributed by atoms with Gasteiger partial charge in [-0.1, -0.05) is 20.8 Å². The summed E-state index contributed by atoms with van der Waals surface area (Å²) in [5.74, 6) is 0.351. The summed E-state index contributed by atoms with van der Waals surface area (Å²) >= 11 is 0. The molecule has 0 aliphatic carbocycles. The van der Waals surface area contributed by atoms with Crippen molar-refractivity contribution in [2.24, 2.45) is 0 Å². The van der Waals surface area contributed by atoms with Crippen molar-refractivity contribution in [2.45, 2.75) is 39.0 Å². The zero-order chi connectivity index (χ0) is 16.2. The van der Waals surface area contributed by atoms with Crippen LogP contribution in [0.2, 0.25) is 0 Å². The minimum Gasteiger partial charge on any atom is -0.490 e. The Hall–Kier alpha value is -1.78. The van der Waals surface area contributed by atoms with Crippen molar-refractivity contribution >= 4 is 6.09 Å². The SMILES string of the molecule is CC(C)(C)c1cc(OCCOC(=O)N2CCCC2)ccc1F. The van der Waals surface area contributed by atoms with Crippen LogP contribution in [0.4, 0.5) is 9.18 Å². The van der Waals surface area contributed by atoms with E-state index in [0.29, 0.717) is 11.3 Å². The van der Waals surface area contributed by atoms with Gasteiger partial charge in [0.15, 0.2) is 0 Å². The van der Waals surface area contributed by atoms with Crippen LogP contribution in [-0.2, 0) is 10.2 Å². The molecule has 22 heavy (non-hydrogen) atoms. The van der Waals surface area contributed by atoms with Gasteiger partial charge in [0.2, 0.25) is 0 Å². The van der Waals surface area contributed by atoms with Crippen LogP contribution in [0.3, 0.4) is 0 Å². The Morgan fingerprint density at radius 2 is 1.91 bits per heavy atom. The molecule has 0 spiro atoms. The van der Waals surface area contributed by atoms with E-state index in [9.17, 15) is 9.18 Å². The van der Waals surface area contributed by atoms with Gasteiger partial charge >= 0.3 is 6.09 Å². The highest BCUT2D eigenvalue weighted by molar-refractivity contribution is 5.67. The van der Waals surface area contributed by atoms with Crippen molar-refractivity contribution in [3.63, 3.8) is 0 Å². The molecule has 1 amide bonds. The largest absolute Gasteiger partial charge is 0.490 e. The van der Waals surface area contributed by atoms with Crippen LogP contribution in [-0.4, -0.2) is 37.3 Å². The van der Waals surface area contributed by atoms with Crippen molar-refractivity contribution < 1.29 is 18.7 Å². The first kappa shape index (κ1) is 16.6. The molecule has 2 rings (SSSR count). The van der Waals surface area contributed by atoms with E-state index in [2.05, 4.69) is 0 Å². The second-order valence-electron chi connectivity index (χ2n) is 6.55. The molecule has 0 atom stereocenters. The number of carbonyl (C=O) groups excluding carboxylic acids is 1. The van der Waals surface area contributed by atoms with E-state index in [1.807, 2.05) is 20.8 Å². The Morgan fingerprint density at radius 1 is 1.23 bits per heavy atom. The molecular weight excluding hydrogens is 285 g/mol. The lowest BCUT2D eigenvalue weighted by Gasteiger charge is -2.20. The van der Waals surface area contributed by atoms with Crippen LogP contribution < -0.4 is 4.74 Å². The van der Waals surface area contributed by atoms with Gasteiger partial charge in [0.05, 0.1) is 0 Å². The van der Waals surface area contributed by atoms with Gasteiger partial charge in [-0.25, -0.2) is 9.18 Å². The highest BCUT2D eigenvalue weighted by Crippen LogP contribution is 2.28. The number of benzene rings is 1. The molecule has 0 radical (unpaired) electrons. The molecule has 1 aromatic carbocycles. The second-order valence-corrected chi connectivity index (χ2v) is 6.55. The number of amides is 1.